The first-order chi connectivity index (χ1) is 13.5. The van der Waals surface area contributed by atoms with E-state index in [1.165, 1.54) is 36.6 Å². The smallest absolute Gasteiger partial charge is 0.387 e. The summed E-state index contributed by atoms with van der Waals surface area (Å²) in [5.74, 6) is -0.825. The fraction of sp³-hybridized carbons (Fsp3) is 0.150. The summed E-state index contributed by atoms with van der Waals surface area (Å²) in [6.07, 6.45) is 0. The van der Waals surface area contributed by atoms with Crippen molar-refractivity contribution in [1.82, 2.24) is 5.32 Å². The quantitative estimate of drug-likeness (QED) is 0.543. The number of alkyl halides is 2. The first-order valence-corrected chi connectivity index (χ1v) is 9.47. The van der Waals surface area contributed by atoms with Gasteiger partial charge in [0, 0.05) is 9.90 Å². The van der Waals surface area contributed by atoms with Crippen LogP contribution >= 0.6 is 22.9 Å². The largest absolute Gasteiger partial charge is 0.493 e. The van der Waals surface area contributed by atoms with Crippen molar-refractivity contribution < 1.29 is 23.0 Å². The molecule has 1 N–H and O–H groups in total. The Labute approximate surface area is 169 Å². The van der Waals surface area contributed by atoms with Crippen molar-refractivity contribution in [1.29, 1.82) is 0 Å². The van der Waals surface area contributed by atoms with Gasteiger partial charge in [-0.2, -0.15) is 8.78 Å². The molecule has 0 saturated heterocycles. The zero-order valence-electron chi connectivity index (χ0n) is 14.7. The number of halogens is 3. The molecule has 0 spiro atoms. The van der Waals surface area contributed by atoms with Crippen LogP contribution in [-0.2, 0) is 0 Å². The number of nitrogens with one attached hydrogen (secondary N) is 1. The van der Waals surface area contributed by atoms with Crippen molar-refractivity contribution in [2.24, 2.45) is 0 Å². The summed E-state index contributed by atoms with van der Waals surface area (Å²) >= 11 is 7.43. The molecule has 8 heteroatoms. The van der Waals surface area contributed by atoms with E-state index in [0.717, 1.165) is 10.4 Å². The van der Waals surface area contributed by atoms with E-state index in [2.05, 4.69) is 10.1 Å². The van der Waals surface area contributed by atoms with Gasteiger partial charge in [-0.3, -0.25) is 4.79 Å². The first kappa shape index (κ1) is 20.1. The molecule has 0 aliphatic heterocycles. The van der Waals surface area contributed by atoms with Crippen LogP contribution in [0.3, 0.4) is 0 Å². The van der Waals surface area contributed by atoms with E-state index < -0.39 is 18.6 Å². The fourth-order valence-corrected chi connectivity index (χ4v) is 3.63. The van der Waals surface area contributed by atoms with Crippen LogP contribution in [0.1, 0.15) is 26.8 Å². The molecular formula is C20H16ClF2NO3S. The van der Waals surface area contributed by atoms with Gasteiger partial charge in [0.1, 0.15) is 0 Å². The predicted molar refractivity (Wildman–Crippen MR) is 105 cm³/mol. The Hall–Kier alpha value is -2.64. The SMILES string of the molecule is COc1cccc(C(=O)N[C@H](c2ccc(Cl)cc2)c2cccs2)c1OC(F)F. The van der Waals surface area contributed by atoms with Crippen LogP contribution in [0, 0.1) is 0 Å². The number of rotatable bonds is 7. The highest BCUT2D eigenvalue weighted by molar-refractivity contribution is 7.10. The van der Waals surface area contributed by atoms with Gasteiger partial charge in [0.15, 0.2) is 11.5 Å². The third-order valence-electron chi connectivity index (χ3n) is 3.96. The third-order valence-corrected chi connectivity index (χ3v) is 5.15. The summed E-state index contributed by atoms with van der Waals surface area (Å²) in [7, 11) is 1.32. The number of amides is 1. The van der Waals surface area contributed by atoms with Crippen LogP contribution in [0.15, 0.2) is 60.0 Å². The first-order valence-electron chi connectivity index (χ1n) is 8.21. The maximum Gasteiger partial charge on any atom is 0.387 e. The second kappa shape index (κ2) is 9.03. The molecule has 0 aliphatic carbocycles. The molecule has 0 fully saturated rings. The fourth-order valence-electron chi connectivity index (χ4n) is 2.70. The van der Waals surface area contributed by atoms with Crippen molar-refractivity contribution in [2.45, 2.75) is 12.7 Å². The van der Waals surface area contributed by atoms with Gasteiger partial charge in [-0.25, -0.2) is 0 Å². The minimum atomic E-state index is -3.09. The zero-order valence-corrected chi connectivity index (χ0v) is 16.3. The molecule has 3 aromatic rings. The van der Waals surface area contributed by atoms with Crippen molar-refractivity contribution in [3.8, 4) is 11.5 Å². The van der Waals surface area contributed by atoms with E-state index in [0.29, 0.717) is 5.02 Å². The minimum absolute atomic E-state index is 0.0461. The van der Waals surface area contributed by atoms with E-state index in [1.807, 2.05) is 17.5 Å². The molecule has 0 radical (unpaired) electrons. The topological polar surface area (TPSA) is 47.6 Å². The van der Waals surface area contributed by atoms with E-state index in [1.54, 1.807) is 24.3 Å². The van der Waals surface area contributed by atoms with Crippen molar-refractivity contribution >= 4 is 28.8 Å². The normalized spacial score (nSPS) is 11.9. The van der Waals surface area contributed by atoms with Gasteiger partial charge in [-0.1, -0.05) is 35.9 Å². The van der Waals surface area contributed by atoms with E-state index >= 15 is 0 Å². The maximum atomic E-state index is 12.9. The molecule has 28 heavy (non-hydrogen) atoms. The van der Waals surface area contributed by atoms with Gasteiger partial charge >= 0.3 is 6.61 Å². The second-order valence-electron chi connectivity index (χ2n) is 5.69. The summed E-state index contributed by atoms with van der Waals surface area (Å²) in [6, 6.07) is 14.7. The van der Waals surface area contributed by atoms with Crippen LogP contribution < -0.4 is 14.8 Å². The van der Waals surface area contributed by atoms with Crippen molar-refractivity contribution in [3.05, 3.63) is 81.0 Å². The van der Waals surface area contributed by atoms with E-state index in [4.69, 9.17) is 16.3 Å². The molecule has 0 bridgehead atoms. The number of hydrogen-bond donors (Lipinski definition) is 1. The predicted octanol–water partition coefficient (Wildman–Crippen LogP) is 5.53. The Morgan fingerprint density at radius 3 is 2.46 bits per heavy atom. The van der Waals surface area contributed by atoms with Gasteiger partial charge < -0.3 is 14.8 Å². The van der Waals surface area contributed by atoms with Crippen LogP contribution in [0.5, 0.6) is 11.5 Å². The molecule has 146 valence electrons. The van der Waals surface area contributed by atoms with Gasteiger partial charge in [-0.05, 0) is 41.3 Å². The number of thiophene rings is 1. The second-order valence-corrected chi connectivity index (χ2v) is 7.10. The lowest BCUT2D eigenvalue weighted by Crippen LogP contribution is -2.29. The molecule has 0 saturated carbocycles. The van der Waals surface area contributed by atoms with E-state index in [9.17, 15) is 13.6 Å². The molecule has 0 unspecified atom stereocenters. The average molecular weight is 424 g/mol. The number of carbonyl (C=O) groups is 1. The van der Waals surface area contributed by atoms with Crippen molar-refractivity contribution in [2.75, 3.05) is 7.11 Å². The highest BCUT2D eigenvalue weighted by atomic mass is 35.5. The summed E-state index contributed by atoms with van der Waals surface area (Å²) in [5.41, 5.74) is 0.759. The van der Waals surface area contributed by atoms with Crippen LogP contribution in [0.2, 0.25) is 5.02 Å². The molecule has 1 amide bonds. The van der Waals surface area contributed by atoms with Crippen LogP contribution in [0.25, 0.3) is 0 Å². The maximum absolute atomic E-state index is 12.9. The highest BCUT2D eigenvalue weighted by Gasteiger charge is 2.24. The summed E-state index contributed by atoms with van der Waals surface area (Å²) in [6.45, 7) is -3.09. The number of ether oxygens (including phenoxy) is 2. The van der Waals surface area contributed by atoms with Gasteiger partial charge in [-0.15, -0.1) is 11.3 Å². The Balaban J connectivity index is 1.96. The monoisotopic (exact) mass is 423 g/mol. The lowest BCUT2D eigenvalue weighted by Gasteiger charge is -2.20. The standard InChI is InChI=1S/C20H16ClF2NO3S/c1-26-15-5-2-4-14(18(15)27-20(22)23)19(25)24-17(16-6-3-11-28-16)12-7-9-13(21)10-8-12/h2-11,17,20H,1H3,(H,24,25)/t17-/m1/s1. The molecule has 2 aromatic carbocycles. The zero-order chi connectivity index (χ0) is 20.1. The highest BCUT2D eigenvalue weighted by Crippen LogP contribution is 2.34. The molecule has 4 nitrogen and oxygen atoms in total. The van der Waals surface area contributed by atoms with E-state index in [-0.39, 0.29) is 17.1 Å². The number of carbonyl (C=O) groups excluding carboxylic acids is 1. The van der Waals surface area contributed by atoms with Gasteiger partial charge in [0.25, 0.3) is 5.91 Å². The molecule has 1 heterocycles. The summed E-state index contributed by atoms with van der Waals surface area (Å²) in [5, 5.41) is 5.34. The number of para-hydroxylation sites is 1. The molecule has 0 aliphatic rings. The Morgan fingerprint density at radius 1 is 1.11 bits per heavy atom. The molecule has 3 rings (SSSR count). The van der Waals surface area contributed by atoms with Crippen LogP contribution in [0.4, 0.5) is 8.78 Å². The number of benzene rings is 2. The van der Waals surface area contributed by atoms with Crippen LogP contribution in [-0.4, -0.2) is 19.6 Å². The minimum Gasteiger partial charge on any atom is -0.493 e. The summed E-state index contributed by atoms with van der Waals surface area (Å²) < 4.78 is 35.3. The number of methoxy groups -OCH3 is 1. The van der Waals surface area contributed by atoms with Gasteiger partial charge in [0.05, 0.1) is 18.7 Å². The Bertz CT molecular complexity index is 933. The molecule has 1 atom stereocenters. The van der Waals surface area contributed by atoms with Gasteiger partial charge in [0.2, 0.25) is 0 Å². The average Bonchev–Trinajstić information content (AvgIpc) is 3.21. The molecule has 1 aromatic heterocycles. The Morgan fingerprint density at radius 2 is 1.86 bits per heavy atom. The Kier molecular flexibility index (Phi) is 6.49. The van der Waals surface area contributed by atoms with Crippen molar-refractivity contribution in [3.63, 3.8) is 0 Å². The third kappa shape index (κ3) is 4.61. The lowest BCUT2D eigenvalue weighted by atomic mass is 10.0. The summed E-state index contributed by atoms with van der Waals surface area (Å²) in [4.78, 5) is 13.8. The lowest BCUT2D eigenvalue weighted by molar-refractivity contribution is -0.0515. The molecular weight excluding hydrogens is 408 g/mol. The number of hydrogen-bond acceptors (Lipinski definition) is 4.